The number of nitrogens with zero attached hydrogens (tertiary/aromatic N) is 7. The third kappa shape index (κ3) is 3.56. The number of aromatic nitrogens is 6. The number of anilines is 1. The third-order valence-corrected chi connectivity index (χ3v) is 4.17. The maximum absolute atomic E-state index is 12.6. The molecule has 2 aromatic heterocycles. The van der Waals surface area contributed by atoms with Gasteiger partial charge in [-0.1, -0.05) is 11.3 Å². The summed E-state index contributed by atoms with van der Waals surface area (Å²) in [6.45, 7) is 1.67. The van der Waals surface area contributed by atoms with Gasteiger partial charge < -0.3 is 5.32 Å². The molecule has 1 N–H and O–H groups in total. The second kappa shape index (κ2) is 7.31. The zero-order valence-electron chi connectivity index (χ0n) is 15.1. The highest BCUT2D eigenvalue weighted by molar-refractivity contribution is 6.03. The largest absolute Gasteiger partial charge is 0.321 e. The quantitative estimate of drug-likeness (QED) is 0.408. The van der Waals surface area contributed by atoms with Gasteiger partial charge in [0.15, 0.2) is 5.69 Å². The van der Waals surface area contributed by atoms with E-state index < -0.39 is 10.8 Å². The van der Waals surface area contributed by atoms with Crippen LogP contribution < -0.4 is 5.32 Å². The van der Waals surface area contributed by atoms with Crippen molar-refractivity contribution in [1.82, 2.24) is 30.0 Å². The fourth-order valence-electron chi connectivity index (χ4n) is 2.74. The molecular formula is C18H14N8O3. The van der Waals surface area contributed by atoms with E-state index in [0.717, 1.165) is 5.69 Å². The van der Waals surface area contributed by atoms with Gasteiger partial charge in [0.1, 0.15) is 0 Å². The van der Waals surface area contributed by atoms with Crippen molar-refractivity contribution in [2.45, 2.75) is 6.92 Å². The Morgan fingerprint density at radius 3 is 2.48 bits per heavy atom. The Hall–Kier alpha value is -4.41. The van der Waals surface area contributed by atoms with Crippen molar-refractivity contribution in [3.8, 4) is 11.4 Å². The normalized spacial score (nSPS) is 10.7. The van der Waals surface area contributed by atoms with Crippen molar-refractivity contribution >= 4 is 17.3 Å². The fourth-order valence-corrected chi connectivity index (χ4v) is 2.74. The number of hydrogen-bond donors (Lipinski definition) is 1. The second-order valence-corrected chi connectivity index (χ2v) is 6.03. The summed E-state index contributed by atoms with van der Waals surface area (Å²) in [4.78, 5) is 24.5. The molecule has 0 aliphatic rings. The Bertz CT molecular complexity index is 1180. The summed E-state index contributed by atoms with van der Waals surface area (Å²) in [7, 11) is 0. The van der Waals surface area contributed by atoms with Crippen LogP contribution in [0.25, 0.3) is 11.4 Å². The smallest absolute Gasteiger partial charge is 0.278 e. The number of non-ortho nitro benzene ring substituents is 1. The van der Waals surface area contributed by atoms with Crippen LogP contribution in [0.15, 0.2) is 60.9 Å². The monoisotopic (exact) mass is 390 g/mol. The van der Waals surface area contributed by atoms with Crippen LogP contribution >= 0.6 is 0 Å². The van der Waals surface area contributed by atoms with Gasteiger partial charge in [-0.05, 0) is 37.3 Å². The molecule has 1 amide bonds. The lowest BCUT2D eigenvalue weighted by atomic mass is 10.2. The highest BCUT2D eigenvalue weighted by Crippen LogP contribution is 2.19. The summed E-state index contributed by atoms with van der Waals surface area (Å²) in [5.41, 5.74) is 2.26. The van der Waals surface area contributed by atoms with Gasteiger partial charge in [-0.15, -0.1) is 5.10 Å². The number of nitro groups is 1. The molecule has 0 spiro atoms. The number of nitro benzene ring substituents is 1. The van der Waals surface area contributed by atoms with E-state index in [4.69, 9.17) is 0 Å². The summed E-state index contributed by atoms with van der Waals surface area (Å²) in [5.74, 6) is -0.441. The molecule has 11 nitrogen and oxygen atoms in total. The van der Waals surface area contributed by atoms with Crippen LogP contribution in [0.1, 0.15) is 16.2 Å². The zero-order valence-corrected chi connectivity index (χ0v) is 15.1. The average molecular weight is 390 g/mol. The van der Waals surface area contributed by atoms with Gasteiger partial charge in [0.05, 0.1) is 34.4 Å². The molecule has 4 rings (SSSR count). The molecular weight excluding hydrogens is 376 g/mol. The first kappa shape index (κ1) is 18.0. The van der Waals surface area contributed by atoms with E-state index >= 15 is 0 Å². The van der Waals surface area contributed by atoms with E-state index in [1.807, 2.05) is 0 Å². The SMILES string of the molecule is Cc1c(C(=O)Nc2ccc(-n3nccn3)cc2)nnn1-c1cccc([N+](=O)[O-])c1. The number of carbonyl (C=O) groups excluding carboxylic acids is 1. The molecule has 0 unspecified atom stereocenters. The number of nitrogens with one attached hydrogen (secondary N) is 1. The molecule has 0 saturated carbocycles. The molecule has 2 aromatic carbocycles. The maximum Gasteiger partial charge on any atom is 0.278 e. The van der Waals surface area contributed by atoms with E-state index in [1.54, 1.807) is 55.7 Å². The standard InChI is InChI=1S/C18H14N8O3/c1-12-17(22-23-24(12)15-3-2-4-16(11-15)26(28)29)18(27)21-13-5-7-14(8-6-13)25-19-9-10-20-25/h2-11H,1H3,(H,21,27). The van der Waals surface area contributed by atoms with Crippen LogP contribution in [0.5, 0.6) is 0 Å². The molecule has 11 heteroatoms. The van der Waals surface area contributed by atoms with Crippen molar-refractivity contribution in [1.29, 1.82) is 0 Å². The topological polar surface area (TPSA) is 134 Å². The van der Waals surface area contributed by atoms with E-state index in [2.05, 4.69) is 25.8 Å². The van der Waals surface area contributed by atoms with E-state index in [9.17, 15) is 14.9 Å². The summed E-state index contributed by atoms with van der Waals surface area (Å²) in [6.07, 6.45) is 3.15. The van der Waals surface area contributed by atoms with Gasteiger partial charge in [-0.2, -0.15) is 15.0 Å². The lowest BCUT2D eigenvalue weighted by Gasteiger charge is -2.06. The average Bonchev–Trinajstić information content (AvgIpc) is 3.38. The van der Waals surface area contributed by atoms with Gasteiger partial charge in [0.2, 0.25) is 0 Å². The van der Waals surface area contributed by atoms with Gasteiger partial charge >= 0.3 is 0 Å². The Labute approximate surface area is 163 Å². The first-order chi connectivity index (χ1) is 14.0. The van der Waals surface area contributed by atoms with Crippen molar-refractivity contribution in [3.05, 3.63) is 82.4 Å². The number of amides is 1. The Morgan fingerprint density at radius 1 is 1.07 bits per heavy atom. The molecule has 0 fully saturated rings. The van der Waals surface area contributed by atoms with Gasteiger partial charge in [-0.3, -0.25) is 14.9 Å². The maximum atomic E-state index is 12.6. The second-order valence-electron chi connectivity index (χ2n) is 6.03. The summed E-state index contributed by atoms with van der Waals surface area (Å²) in [6, 6.07) is 12.9. The zero-order chi connectivity index (χ0) is 20.4. The minimum absolute atomic E-state index is 0.0739. The van der Waals surface area contributed by atoms with Crippen LogP contribution in [0, 0.1) is 17.0 Å². The summed E-state index contributed by atoms with van der Waals surface area (Å²) in [5, 5.41) is 29.7. The van der Waals surface area contributed by atoms with Crippen molar-refractivity contribution in [3.63, 3.8) is 0 Å². The third-order valence-electron chi connectivity index (χ3n) is 4.17. The molecule has 144 valence electrons. The van der Waals surface area contributed by atoms with E-state index in [0.29, 0.717) is 17.1 Å². The first-order valence-electron chi connectivity index (χ1n) is 8.48. The number of benzene rings is 2. The summed E-state index contributed by atoms with van der Waals surface area (Å²) >= 11 is 0. The minimum Gasteiger partial charge on any atom is -0.321 e. The molecule has 2 heterocycles. The van der Waals surface area contributed by atoms with Gasteiger partial charge in [0, 0.05) is 17.8 Å². The first-order valence-corrected chi connectivity index (χ1v) is 8.48. The Balaban J connectivity index is 1.54. The molecule has 0 aliphatic heterocycles. The molecule has 0 atom stereocenters. The van der Waals surface area contributed by atoms with Crippen LogP contribution in [0.4, 0.5) is 11.4 Å². The lowest BCUT2D eigenvalue weighted by Crippen LogP contribution is -2.14. The molecule has 0 aliphatic carbocycles. The van der Waals surface area contributed by atoms with E-state index in [1.165, 1.54) is 21.6 Å². The predicted octanol–water partition coefficient (Wildman–Crippen LogP) is 2.32. The Kier molecular flexibility index (Phi) is 4.53. The molecule has 4 aromatic rings. The van der Waals surface area contributed by atoms with E-state index in [-0.39, 0.29) is 11.4 Å². The number of carbonyl (C=O) groups is 1. The highest BCUT2D eigenvalue weighted by atomic mass is 16.6. The van der Waals surface area contributed by atoms with Crippen molar-refractivity contribution < 1.29 is 9.72 Å². The van der Waals surface area contributed by atoms with Crippen LogP contribution in [0.3, 0.4) is 0 Å². The number of rotatable bonds is 5. The van der Waals surface area contributed by atoms with Gasteiger partial charge in [0.25, 0.3) is 11.6 Å². The minimum atomic E-state index is -0.494. The van der Waals surface area contributed by atoms with Crippen LogP contribution in [0.2, 0.25) is 0 Å². The molecule has 0 radical (unpaired) electrons. The highest BCUT2D eigenvalue weighted by Gasteiger charge is 2.18. The molecule has 29 heavy (non-hydrogen) atoms. The molecule has 0 bridgehead atoms. The van der Waals surface area contributed by atoms with Crippen LogP contribution in [-0.2, 0) is 0 Å². The summed E-state index contributed by atoms with van der Waals surface area (Å²) < 4.78 is 1.38. The Morgan fingerprint density at radius 2 is 1.79 bits per heavy atom. The number of hydrogen-bond acceptors (Lipinski definition) is 7. The predicted molar refractivity (Wildman–Crippen MR) is 102 cm³/mol. The van der Waals surface area contributed by atoms with Crippen molar-refractivity contribution in [2.24, 2.45) is 0 Å². The lowest BCUT2D eigenvalue weighted by molar-refractivity contribution is -0.384. The van der Waals surface area contributed by atoms with Crippen molar-refractivity contribution in [2.75, 3.05) is 5.32 Å². The van der Waals surface area contributed by atoms with Gasteiger partial charge in [-0.25, -0.2) is 4.68 Å². The fraction of sp³-hybridized carbons (Fsp3) is 0.0556. The molecule has 0 saturated heterocycles. The van der Waals surface area contributed by atoms with Crippen LogP contribution in [-0.4, -0.2) is 40.8 Å².